The van der Waals surface area contributed by atoms with Crippen LogP contribution < -0.4 is 10.1 Å². The van der Waals surface area contributed by atoms with Crippen LogP contribution in [0.3, 0.4) is 0 Å². The molecule has 0 radical (unpaired) electrons. The first kappa shape index (κ1) is 15.7. The van der Waals surface area contributed by atoms with E-state index in [1.54, 1.807) is 12.1 Å². The number of nitrogens with one attached hydrogen (secondary N) is 1. The van der Waals surface area contributed by atoms with Gasteiger partial charge in [0, 0.05) is 12.1 Å². The van der Waals surface area contributed by atoms with Crippen LogP contribution in [0.1, 0.15) is 36.8 Å². The number of rotatable bonds is 3. The summed E-state index contributed by atoms with van der Waals surface area (Å²) in [6.07, 6.45) is 4.73. The quantitative estimate of drug-likeness (QED) is 0.931. The van der Waals surface area contributed by atoms with Crippen molar-refractivity contribution in [1.82, 2.24) is 5.32 Å². The number of fused-ring (bicyclic) bond motifs is 2. The minimum atomic E-state index is 0.210. The Morgan fingerprint density at radius 2 is 1.52 bits per heavy atom. The van der Waals surface area contributed by atoms with E-state index in [1.807, 2.05) is 30.3 Å². The Hall–Kier alpha value is -2.82. The van der Waals surface area contributed by atoms with E-state index in [9.17, 15) is 5.26 Å². The van der Waals surface area contributed by atoms with Gasteiger partial charge in [-0.1, -0.05) is 12.1 Å². The average Bonchev–Trinajstić information content (AvgIpc) is 2.99. The molecule has 2 unspecified atom stereocenters. The van der Waals surface area contributed by atoms with Crippen molar-refractivity contribution in [2.45, 2.75) is 43.9 Å². The third-order valence-electron chi connectivity index (χ3n) is 5.12. The molecular formula is C21H19N3O. The third kappa shape index (κ3) is 3.36. The van der Waals surface area contributed by atoms with Gasteiger partial charge in [-0.15, -0.1) is 0 Å². The van der Waals surface area contributed by atoms with Gasteiger partial charge in [-0.05, 0) is 67.1 Å². The molecule has 2 atom stereocenters. The van der Waals surface area contributed by atoms with Crippen LogP contribution in [0.4, 0.5) is 0 Å². The number of benzene rings is 2. The summed E-state index contributed by atoms with van der Waals surface area (Å²) in [5.41, 5.74) is 3.14. The zero-order valence-electron chi connectivity index (χ0n) is 13.9. The molecule has 4 rings (SSSR count). The molecule has 2 saturated heterocycles. The standard InChI is InChI=1S/C21H19N3O/c22-12-14-1-3-16(4-2-14)17-7-15(13-23)8-20(9-17)25-21-10-18-5-6-19(11-21)24-18/h1-4,7-9,18-19,21,24H,5-6,10-11H2. The lowest BCUT2D eigenvalue weighted by atomic mass is 10.0. The Balaban J connectivity index is 1.60. The second-order valence-corrected chi connectivity index (χ2v) is 6.90. The molecule has 4 nitrogen and oxygen atoms in total. The lowest BCUT2D eigenvalue weighted by Gasteiger charge is -2.29. The van der Waals surface area contributed by atoms with E-state index in [4.69, 9.17) is 10.00 Å². The van der Waals surface area contributed by atoms with Crippen molar-refractivity contribution in [2.75, 3.05) is 0 Å². The zero-order chi connectivity index (χ0) is 17.2. The molecule has 2 heterocycles. The number of hydrogen-bond donors (Lipinski definition) is 1. The van der Waals surface area contributed by atoms with E-state index >= 15 is 0 Å². The summed E-state index contributed by atoms with van der Waals surface area (Å²) in [5, 5.41) is 21.9. The number of nitrogens with zero attached hydrogens (tertiary/aromatic N) is 2. The highest BCUT2D eigenvalue weighted by molar-refractivity contribution is 5.68. The van der Waals surface area contributed by atoms with E-state index < -0.39 is 0 Å². The molecule has 124 valence electrons. The molecule has 2 aromatic rings. The lowest BCUT2D eigenvalue weighted by molar-refractivity contribution is 0.137. The van der Waals surface area contributed by atoms with E-state index in [-0.39, 0.29) is 6.10 Å². The maximum Gasteiger partial charge on any atom is 0.121 e. The second kappa shape index (κ2) is 6.59. The molecule has 0 amide bonds. The topological polar surface area (TPSA) is 68.8 Å². The molecular weight excluding hydrogens is 310 g/mol. The highest BCUT2D eigenvalue weighted by Crippen LogP contribution is 2.32. The van der Waals surface area contributed by atoms with Crippen molar-refractivity contribution in [3.8, 4) is 29.0 Å². The molecule has 25 heavy (non-hydrogen) atoms. The predicted octanol–water partition coefficient (Wildman–Crippen LogP) is 3.76. The molecule has 2 aliphatic heterocycles. The predicted molar refractivity (Wildman–Crippen MR) is 94.9 cm³/mol. The zero-order valence-corrected chi connectivity index (χ0v) is 13.9. The number of hydrogen-bond acceptors (Lipinski definition) is 4. The van der Waals surface area contributed by atoms with Crippen molar-refractivity contribution in [1.29, 1.82) is 10.5 Å². The van der Waals surface area contributed by atoms with E-state index in [0.717, 1.165) is 29.7 Å². The molecule has 2 aliphatic rings. The van der Waals surface area contributed by atoms with Gasteiger partial charge in [-0.2, -0.15) is 10.5 Å². The summed E-state index contributed by atoms with van der Waals surface area (Å²) < 4.78 is 6.24. The van der Waals surface area contributed by atoms with Crippen LogP contribution in [0, 0.1) is 22.7 Å². The normalized spacial score (nSPS) is 24.3. The van der Waals surface area contributed by atoms with Crippen LogP contribution >= 0.6 is 0 Å². The number of piperidine rings is 1. The summed E-state index contributed by atoms with van der Waals surface area (Å²) >= 11 is 0. The van der Waals surface area contributed by atoms with Crippen LogP contribution in [-0.4, -0.2) is 18.2 Å². The van der Waals surface area contributed by atoms with Gasteiger partial charge in [0.25, 0.3) is 0 Å². The van der Waals surface area contributed by atoms with E-state index in [1.165, 1.54) is 12.8 Å². The fourth-order valence-corrected chi connectivity index (χ4v) is 3.93. The Morgan fingerprint density at radius 1 is 0.840 bits per heavy atom. The molecule has 1 N–H and O–H groups in total. The van der Waals surface area contributed by atoms with Crippen molar-refractivity contribution in [3.63, 3.8) is 0 Å². The maximum atomic E-state index is 9.36. The molecule has 4 heteroatoms. The van der Waals surface area contributed by atoms with Crippen molar-refractivity contribution in [3.05, 3.63) is 53.6 Å². The highest BCUT2D eigenvalue weighted by atomic mass is 16.5. The monoisotopic (exact) mass is 329 g/mol. The van der Waals surface area contributed by atoms with Gasteiger partial charge in [0.1, 0.15) is 11.9 Å². The second-order valence-electron chi connectivity index (χ2n) is 6.90. The number of nitriles is 2. The van der Waals surface area contributed by atoms with E-state index in [2.05, 4.69) is 17.5 Å². The summed E-state index contributed by atoms with van der Waals surface area (Å²) in [7, 11) is 0. The first-order valence-corrected chi connectivity index (χ1v) is 8.72. The fourth-order valence-electron chi connectivity index (χ4n) is 3.93. The summed E-state index contributed by atoms with van der Waals surface area (Å²) in [6.45, 7) is 0. The minimum Gasteiger partial charge on any atom is -0.490 e. The molecule has 2 fully saturated rings. The van der Waals surface area contributed by atoms with E-state index in [0.29, 0.717) is 23.2 Å². The van der Waals surface area contributed by atoms with Gasteiger partial charge in [0.2, 0.25) is 0 Å². The third-order valence-corrected chi connectivity index (χ3v) is 5.12. The summed E-state index contributed by atoms with van der Waals surface area (Å²) in [5.74, 6) is 0.754. The van der Waals surface area contributed by atoms with Crippen LogP contribution in [0.25, 0.3) is 11.1 Å². The largest absolute Gasteiger partial charge is 0.490 e. The highest BCUT2D eigenvalue weighted by Gasteiger charge is 2.34. The van der Waals surface area contributed by atoms with Crippen molar-refractivity contribution in [2.24, 2.45) is 0 Å². The van der Waals surface area contributed by atoms with Gasteiger partial charge < -0.3 is 10.1 Å². The Morgan fingerprint density at radius 3 is 2.16 bits per heavy atom. The van der Waals surface area contributed by atoms with Gasteiger partial charge in [-0.25, -0.2) is 0 Å². The number of ether oxygens (including phenoxy) is 1. The SMILES string of the molecule is N#Cc1ccc(-c2cc(C#N)cc(OC3CC4CCC(C3)N4)c2)cc1. The van der Waals surface area contributed by atoms with Crippen LogP contribution in [0.15, 0.2) is 42.5 Å². The lowest BCUT2D eigenvalue weighted by Crippen LogP contribution is -2.42. The Kier molecular flexibility index (Phi) is 4.14. The fraction of sp³-hybridized carbons (Fsp3) is 0.333. The van der Waals surface area contributed by atoms with Gasteiger partial charge in [-0.3, -0.25) is 0 Å². The minimum absolute atomic E-state index is 0.210. The van der Waals surface area contributed by atoms with Gasteiger partial charge >= 0.3 is 0 Å². The maximum absolute atomic E-state index is 9.36. The molecule has 0 saturated carbocycles. The molecule has 0 spiro atoms. The van der Waals surface area contributed by atoms with Crippen molar-refractivity contribution < 1.29 is 4.74 Å². The molecule has 0 aliphatic carbocycles. The first-order valence-electron chi connectivity index (χ1n) is 8.72. The Labute approximate surface area is 147 Å². The van der Waals surface area contributed by atoms with Gasteiger partial charge in [0.15, 0.2) is 0 Å². The molecule has 2 aromatic carbocycles. The van der Waals surface area contributed by atoms with Crippen LogP contribution in [0.5, 0.6) is 5.75 Å². The van der Waals surface area contributed by atoms with Crippen molar-refractivity contribution >= 4 is 0 Å². The first-order chi connectivity index (χ1) is 12.2. The molecule has 0 aromatic heterocycles. The molecule has 2 bridgehead atoms. The average molecular weight is 329 g/mol. The smallest absolute Gasteiger partial charge is 0.121 e. The summed E-state index contributed by atoms with van der Waals surface area (Å²) in [6, 6.07) is 18.6. The van der Waals surface area contributed by atoms with Gasteiger partial charge in [0.05, 0.1) is 23.3 Å². The van der Waals surface area contributed by atoms with Crippen LogP contribution in [0.2, 0.25) is 0 Å². The summed E-state index contributed by atoms with van der Waals surface area (Å²) in [4.78, 5) is 0. The van der Waals surface area contributed by atoms with Crippen LogP contribution in [-0.2, 0) is 0 Å². The Bertz CT molecular complexity index is 848.